The number of ether oxygens (including phenoxy) is 3. The van der Waals surface area contributed by atoms with Crippen LogP contribution >= 0.6 is 15.9 Å². The maximum Gasteiger partial charge on any atom is 0.337 e. The molecule has 11 nitrogen and oxygen atoms in total. The molecule has 34 heavy (non-hydrogen) atoms. The second kappa shape index (κ2) is 11.6. The standard InChI is InChI=1S/C22H25BrN4O7/c1-4-32-16-9-13(20-19(21(29)31-3)12(2)25-22(30)26-20)5-7-15(16)33-11-18(28)27-24-10-14-6-8-17(23)34-14/h5-10,18,20,27-28H,4,11H2,1-3H3,(H2,25,26,30)/b24-10-/t18-,20+/m0/s1. The van der Waals surface area contributed by atoms with Crippen LogP contribution in [0.4, 0.5) is 4.79 Å². The average molecular weight is 537 g/mol. The van der Waals surface area contributed by atoms with Gasteiger partial charge in [-0.05, 0) is 59.6 Å². The molecule has 2 amide bonds. The maximum absolute atomic E-state index is 12.3. The molecule has 0 saturated heterocycles. The van der Waals surface area contributed by atoms with Gasteiger partial charge in [0.2, 0.25) is 0 Å². The fourth-order valence-electron chi connectivity index (χ4n) is 3.21. The molecule has 1 aliphatic rings. The number of carbonyl (C=O) groups is 2. The molecule has 1 aliphatic heterocycles. The minimum atomic E-state index is -1.11. The van der Waals surface area contributed by atoms with Gasteiger partial charge in [0, 0.05) is 5.70 Å². The number of furan rings is 1. The number of aliphatic hydroxyl groups is 1. The molecule has 0 spiro atoms. The van der Waals surface area contributed by atoms with E-state index in [9.17, 15) is 14.7 Å². The van der Waals surface area contributed by atoms with E-state index in [1.807, 2.05) is 6.92 Å². The van der Waals surface area contributed by atoms with Gasteiger partial charge in [-0.15, -0.1) is 0 Å². The molecule has 2 heterocycles. The van der Waals surface area contributed by atoms with Crippen molar-refractivity contribution in [3.05, 3.63) is 57.6 Å². The Morgan fingerprint density at radius 1 is 1.32 bits per heavy atom. The Hall–Kier alpha value is -3.51. The summed E-state index contributed by atoms with van der Waals surface area (Å²) in [5, 5.41) is 19.3. The van der Waals surface area contributed by atoms with Crippen LogP contribution in [0, 0.1) is 0 Å². The van der Waals surface area contributed by atoms with Crippen LogP contribution in [0.2, 0.25) is 0 Å². The van der Waals surface area contributed by atoms with Crippen LogP contribution in [-0.4, -0.2) is 49.9 Å². The number of methoxy groups -OCH3 is 1. The summed E-state index contributed by atoms with van der Waals surface area (Å²) in [5.74, 6) is 0.684. The summed E-state index contributed by atoms with van der Waals surface area (Å²) < 4.78 is 22.1. The summed E-state index contributed by atoms with van der Waals surface area (Å²) >= 11 is 3.19. The van der Waals surface area contributed by atoms with Crippen molar-refractivity contribution >= 4 is 34.1 Å². The Bertz CT molecular complexity index is 1100. The molecule has 182 valence electrons. The fraction of sp³-hybridized carbons (Fsp3) is 0.318. The Morgan fingerprint density at radius 2 is 2.12 bits per heavy atom. The summed E-state index contributed by atoms with van der Waals surface area (Å²) in [4.78, 5) is 24.3. The largest absolute Gasteiger partial charge is 0.490 e. The first-order valence-electron chi connectivity index (χ1n) is 10.3. The van der Waals surface area contributed by atoms with Crippen LogP contribution in [0.1, 0.15) is 31.2 Å². The van der Waals surface area contributed by atoms with Gasteiger partial charge >= 0.3 is 12.0 Å². The fourth-order valence-corrected chi connectivity index (χ4v) is 3.53. The van der Waals surface area contributed by atoms with Crippen LogP contribution in [0.3, 0.4) is 0 Å². The number of benzene rings is 1. The molecule has 0 radical (unpaired) electrons. The van der Waals surface area contributed by atoms with E-state index in [0.29, 0.717) is 39.8 Å². The third-order valence-corrected chi connectivity index (χ3v) is 5.11. The normalized spacial score (nSPS) is 16.6. The number of rotatable bonds is 10. The Labute approximate surface area is 204 Å². The lowest BCUT2D eigenvalue weighted by molar-refractivity contribution is -0.136. The lowest BCUT2D eigenvalue weighted by Crippen LogP contribution is -2.45. The number of aliphatic hydroxyl groups excluding tert-OH is 1. The molecule has 0 saturated carbocycles. The number of urea groups is 1. The molecule has 2 atom stereocenters. The van der Waals surface area contributed by atoms with Gasteiger partial charge in [-0.3, -0.25) is 5.43 Å². The number of hydrogen-bond acceptors (Lipinski definition) is 9. The van der Waals surface area contributed by atoms with Crippen molar-refractivity contribution in [2.24, 2.45) is 5.10 Å². The Kier molecular flexibility index (Phi) is 8.55. The molecule has 4 N–H and O–H groups in total. The number of nitrogens with one attached hydrogen (secondary N) is 3. The highest BCUT2D eigenvalue weighted by atomic mass is 79.9. The topological polar surface area (TPSA) is 144 Å². The number of hydrazone groups is 1. The van der Waals surface area contributed by atoms with E-state index in [-0.39, 0.29) is 12.2 Å². The Balaban J connectivity index is 1.72. The number of nitrogens with zero attached hydrogens (tertiary/aromatic N) is 1. The smallest absolute Gasteiger partial charge is 0.337 e. The van der Waals surface area contributed by atoms with Crippen molar-refractivity contribution in [3.63, 3.8) is 0 Å². The second-order valence-electron chi connectivity index (χ2n) is 7.06. The number of allylic oxidation sites excluding steroid dienone is 1. The van der Waals surface area contributed by atoms with Crippen LogP contribution < -0.4 is 25.5 Å². The molecule has 12 heteroatoms. The predicted octanol–water partition coefficient (Wildman–Crippen LogP) is 2.56. The van der Waals surface area contributed by atoms with Crippen molar-refractivity contribution in [3.8, 4) is 11.5 Å². The molecule has 0 aliphatic carbocycles. The van der Waals surface area contributed by atoms with Gasteiger partial charge in [0.05, 0.1) is 31.5 Å². The third kappa shape index (κ3) is 6.29. The first-order valence-corrected chi connectivity index (χ1v) is 11.1. The highest BCUT2D eigenvalue weighted by Crippen LogP contribution is 2.34. The minimum Gasteiger partial charge on any atom is -0.490 e. The van der Waals surface area contributed by atoms with E-state index in [0.717, 1.165) is 0 Å². The highest BCUT2D eigenvalue weighted by Gasteiger charge is 2.32. The molecular formula is C22H25BrN4O7. The van der Waals surface area contributed by atoms with E-state index in [2.05, 4.69) is 37.1 Å². The zero-order chi connectivity index (χ0) is 24.7. The van der Waals surface area contributed by atoms with E-state index in [1.54, 1.807) is 37.3 Å². The average Bonchev–Trinajstić information content (AvgIpc) is 3.22. The van der Waals surface area contributed by atoms with E-state index < -0.39 is 24.3 Å². The van der Waals surface area contributed by atoms with Crippen molar-refractivity contribution in [2.45, 2.75) is 26.1 Å². The summed E-state index contributed by atoms with van der Waals surface area (Å²) in [6.45, 7) is 3.65. The van der Waals surface area contributed by atoms with Crippen LogP contribution in [0.15, 0.2) is 55.8 Å². The van der Waals surface area contributed by atoms with Gasteiger partial charge in [-0.25, -0.2) is 9.59 Å². The zero-order valence-corrected chi connectivity index (χ0v) is 20.3. The van der Waals surface area contributed by atoms with Crippen LogP contribution in [0.25, 0.3) is 0 Å². The number of amides is 2. The first-order chi connectivity index (χ1) is 16.3. The third-order valence-electron chi connectivity index (χ3n) is 4.68. The Morgan fingerprint density at radius 3 is 2.79 bits per heavy atom. The van der Waals surface area contributed by atoms with Gasteiger partial charge in [0.25, 0.3) is 0 Å². The molecular weight excluding hydrogens is 512 g/mol. The van der Waals surface area contributed by atoms with Crippen molar-refractivity contribution < 1.29 is 33.3 Å². The van der Waals surface area contributed by atoms with Gasteiger partial charge in [0.1, 0.15) is 12.4 Å². The van der Waals surface area contributed by atoms with Crippen LogP contribution in [-0.2, 0) is 9.53 Å². The van der Waals surface area contributed by atoms with Gasteiger partial charge in [-0.2, -0.15) is 5.10 Å². The molecule has 0 unspecified atom stereocenters. The number of carbonyl (C=O) groups excluding carboxylic acids is 2. The lowest BCUT2D eigenvalue weighted by Gasteiger charge is -2.28. The van der Waals surface area contributed by atoms with Crippen molar-refractivity contribution in [2.75, 3.05) is 20.3 Å². The van der Waals surface area contributed by atoms with Gasteiger partial charge in [-0.1, -0.05) is 6.07 Å². The van der Waals surface area contributed by atoms with Gasteiger partial charge in [0.15, 0.2) is 22.4 Å². The van der Waals surface area contributed by atoms with Crippen molar-refractivity contribution in [1.29, 1.82) is 0 Å². The van der Waals surface area contributed by atoms with Gasteiger partial charge < -0.3 is 34.4 Å². The predicted molar refractivity (Wildman–Crippen MR) is 125 cm³/mol. The molecule has 2 aromatic rings. The van der Waals surface area contributed by atoms with Crippen molar-refractivity contribution in [1.82, 2.24) is 16.1 Å². The summed E-state index contributed by atoms with van der Waals surface area (Å²) in [6.07, 6.45) is 0.305. The number of esters is 1. The summed E-state index contributed by atoms with van der Waals surface area (Å²) in [6, 6.07) is 7.24. The minimum absolute atomic E-state index is 0.130. The molecule has 0 bridgehead atoms. The van der Waals surface area contributed by atoms with E-state index >= 15 is 0 Å². The summed E-state index contributed by atoms with van der Waals surface area (Å²) in [7, 11) is 1.27. The highest BCUT2D eigenvalue weighted by molar-refractivity contribution is 9.10. The van der Waals surface area contributed by atoms with E-state index in [1.165, 1.54) is 13.3 Å². The lowest BCUT2D eigenvalue weighted by atomic mass is 9.95. The SMILES string of the molecule is CCOc1cc([C@H]2NC(=O)NC(C)=C2C(=O)OC)ccc1OC[C@H](O)N/N=C\c1ccc(Br)o1. The van der Waals surface area contributed by atoms with E-state index in [4.69, 9.17) is 18.6 Å². The monoisotopic (exact) mass is 536 g/mol. The molecule has 1 aromatic heterocycles. The number of hydrogen-bond donors (Lipinski definition) is 4. The maximum atomic E-state index is 12.3. The quantitative estimate of drug-likeness (QED) is 0.157. The molecule has 3 rings (SSSR count). The summed E-state index contributed by atoms with van der Waals surface area (Å²) in [5.41, 5.74) is 3.80. The van der Waals surface area contributed by atoms with Crippen LogP contribution in [0.5, 0.6) is 11.5 Å². The number of halogens is 1. The second-order valence-corrected chi connectivity index (χ2v) is 7.84. The molecule has 0 fully saturated rings. The first kappa shape index (κ1) is 25.1. The molecule has 1 aromatic carbocycles. The zero-order valence-electron chi connectivity index (χ0n) is 18.8.